The van der Waals surface area contributed by atoms with Crippen molar-refractivity contribution < 1.29 is 4.39 Å². The van der Waals surface area contributed by atoms with E-state index in [1.54, 1.807) is 12.1 Å². The van der Waals surface area contributed by atoms with Gasteiger partial charge < -0.3 is 14.0 Å². The molecule has 0 amide bonds. The van der Waals surface area contributed by atoms with Crippen LogP contribution in [-0.4, -0.2) is 17.2 Å². The fourth-order valence-electron chi connectivity index (χ4n) is 11.1. The molecule has 0 saturated carbocycles. The average molecular weight is 902 g/mol. The van der Waals surface area contributed by atoms with Gasteiger partial charge in [0.1, 0.15) is 5.82 Å². The quantitative estimate of drug-likeness (QED) is 0.104. The zero-order valence-electron chi connectivity index (χ0n) is 37.6. The number of rotatable bonds is 9. The number of hydrogen-bond acceptors (Lipinski definition) is 1. The van der Waals surface area contributed by atoms with Crippen LogP contribution < -0.4 is 25.6 Å². The van der Waals surface area contributed by atoms with Gasteiger partial charge >= 0.3 is 0 Å². The van der Waals surface area contributed by atoms with Crippen LogP contribution in [0.1, 0.15) is 0 Å². The third kappa shape index (κ3) is 6.54. The number of halogens is 1. The van der Waals surface area contributed by atoms with Gasteiger partial charge in [-0.15, -0.1) is 0 Å². The van der Waals surface area contributed by atoms with Crippen molar-refractivity contribution in [3.8, 4) is 11.4 Å². The highest BCUT2D eigenvalue weighted by Gasteiger charge is 2.41. The molecule has 0 spiro atoms. The minimum absolute atomic E-state index is 0.261. The predicted molar refractivity (Wildman–Crippen MR) is 291 cm³/mol. The molecular weight excluding hydrogens is 858 g/mol. The van der Waals surface area contributed by atoms with Gasteiger partial charge in [-0.2, -0.15) is 0 Å². The molecule has 0 atom stereocenters. The van der Waals surface area contributed by atoms with Crippen molar-refractivity contribution in [2.75, 3.05) is 4.90 Å². The van der Waals surface area contributed by atoms with Gasteiger partial charge in [0, 0.05) is 49.7 Å². The zero-order chi connectivity index (χ0) is 45.9. The highest BCUT2D eigenvalue weighted by molar-refractivity contribution is 7.20. The maximum atomic E-state index is 14.7. The molecule has 0 aliphatic rings. The highest BCUT2D eigenvalue weighted by atomic mass is 28.3. The van der Waals surface area contributed by atoms with Gasteiger partial charge in [-0.05, 0) is 117 Å². The van der Waals surface area contributed by atoms with E-state index in [1.165, 1.54) is 42.4 Å². The summed E-state index contributed by atoms with van der Waals surface area (Å²) in [4.78, 5) is 2.43. The van der Waals surface area contributed by atoms with Gasteiger partial charge in [0.15, 0.2) is 8.07 Å². The van der Waals surface area contributed by atoms with Crippen LogP contribution in [0, 0.1) is 5.82 Å². The molecule has 2 aromatic heterocycles. The zero-order valence-corrected chi connectivity index (χ0v) is 38.6. The molecular formula is C64H44FN3Si. The molecule has 69 heavy (non-hydrogen) atoms. The summed E-state index contributed by atoms with van der Waals surface area (Å²) in [5, 5.41) is 12.2. The third-order valence-corrected chi connectivity index (χ3v) is 18.9. The normalized spacial score (nSPS) is 11.8. The van der Waals surface area contributed by atoms with Gasteiger partial charge in [-0.1, -0.05) is 176 Å². The van der Waals surface area contributed by atoms with E-state index in [2.05, 4.69) is 257 Å². The molecule has 0 N–H and O–H groups in total. The summed E-state index contributed by atoms with van der Waals surface area (Å²) in [6.45, 7) is 0. The Balaban J connectivity index is 1.11. The van der Waals surface area contributed by atoms with Crippen LogP contribution in [0.5, 0.6) is 0 Å². The number of nitrogens with zero attached hydrogens (tertiary/aromatic N) is 3. The second-order valence-electron chi connectivity index (χ2n) is 17.8. The van der Waals surface area contributed by atoms with Gasteiger partial charge in [0.2, 0.25) is 0 Å². The van der Waals surface area contributed by atoms with E-state index < -0.39 is 8.07 Å². The Morgan fingerprint density at radius 1 is 0.304 bits per heavy atom. The first-order valence-corrected chi connectivity index (χ1v) is 25.5. The van der Waals surface area contributed by atoms with Crippen molar-refractivity contribution in [1.82, 2.24) is 9.13 Å². The number of para-hydroxylation sites is 2. The lowest BCUT2D eigenvalue weighted by atomic mass is 10.0. The molecule has 326 valence electrons. The Morgan fingerprint density at radius 2 is 0.739 bits per heavy atom. The van der Waals surface area contributed by atoms with Gasteiger partial charge in [-0.3, -0.25) is 0 Å². The number of aromatic nitrogens is 2. The van der Waals surface area contributed by atoms with Gasteiger partial charge in [0.05, 0.1) is 27.8 Å². The van der Waals surface area contributed by atoms with Crippen molar-refractivity contribution in [3.63, 3.8) is 0 Å². The Labute approximate surface area is 400 Å². The summed E-state index contributed by atoms with van der Waals surface area (Å²) in [7, 11) is -2.90. The smallest absolute Gasteiger partial charge is 0.179 e. The second kappa shape index (κ2) is 16.5. The van der Waals surface area contributed by atoms with Crippen LogP contribution >= 0.6 is 0 Å². The number of fused-ring (bicyclic) bond motifs is 7. The first kappa shape index (κ1) is 40.5. The van der Waals surface area contributed by atoms with E-state index in [0.717, 1.165) is 61.1 Å². The molecule has 3 nitrogen and oxygen atoms in total. The summed E-state index contributed by atoms with van der Waals surface area (Å²) in [6, 6.07) is 95.6. The lowest BCUT2D eigenvalue weighted by Gasteiger charge is -2.34. The first-order chi connectivity index (χ1) is 34.1. The van der Waals surface area contributed by atoms with E-state index in [1.807, 2.05) is 12.1 Å². The monoisotopic (exact) mass is 901 g/mol. The fourth-order valence-corrected chi connectivity index (χ4v) is 15.9. The topological polar surface area (TPSA) is 13.1 Å². The van der Waals surface area contributed by atoms with Crippen molar-refractivity contribution in [3.05, 3.63) is 273 Å². The summed E-state index contributed by atoms with van der Waals surface area (Å²) >= 11 is 0. The maximum Gasteiger partial charge on any atom is 0.179 e. The highest BCUT2D eigenvalue weighted by Crippen LogP contribution is 2.44. The van der Waals surface area contributed by atoms with Crippen LogP contribution in [0.3, 0.4) is 0 Å². The SMILES string of the molecule is Fc1ccc(-n2c3ccc(N(c4ccc5c(c4)c4ccccc4n5-c4ccccc4)c4cccc5ccccc45)cc3c3cc([Si](c4ccccc4)(c4ccccc4)c4ccccc4)ccc32)cc1. The Morgan fingerprint density at radius 3 is 1.33 bits per heavy atom. The molecule has 0 radical (unpaired) electrons. The number of anilines is 3. The van der Waals surface area contributed by atoms with Gasteiger partial charge in [0.25, 0.3) is 0 Å². The van der Waals surface area contributed by atoms with Gasteiger partial charge in [-0.25, -0.2) is 4.39 Å². The van der Waals surface area contributed by atoms with Crippen LogP contribution in [0.2, 0.25) is 0 Å². The average Bonchev–Trinajstić information content (AvgIpc) is 3.92. The van der Waals surface area contributed by atoms with Crippen molar-refractivity contribution in [2.45, 2.75) is 0 Å². The Bertz CT molecular complexity index is 3910. The lowest BCUT2D eigenvalue weighted by Crippen LogP contribution is -2.74. The van der Waals surface area contributed by atoms with Crippen LogP contribution in [0.4, 0.5) is 21.5 Å². The van der Waals surface area contributed by atoms with Crippen LogP contribution in [-0.2, 0) is 0 Å². The minimum Gasteiger partial charge on any atom is -0.310 e. The Kier molecular flexibility index (Phi) is 9.70. The molecule has 0 aliphatic heterocycles. The van der Waals surface area contributed by atoms with E-state index in [0.29, 0.717) is 0 Å². The van der Waals surface area contributed by atoms with Crippen molar-refractivity contribution >= 4 is 100 Å². The van der Waals surface area contributed by atoms with E-state index >= 15 is 0 Å². The molecule has 0 saturated heterocycles. The summed E-state index contributed by atoms with van der Waals surface area (Å²) in [5.74, 6) is -0.261. The third-order valence-electron chi connectivity index (χ3n) is 14.1. The van der Waals surface area contributed by atoms with E-state index in [9.17, 15) is 4.39 Å². The first-order valence-electron chi connectivity index (χ1n) is 23.5. The summed E-state index contributed by atoms with van der Waals surface area (Å²) in [5.41, 5.74) is 9.63. The minimum atomic E-state index is -2.90. The Hall–Kier alpha value is -8.77. The molecule has 11 aromatic carbocycles. The van der Waals surface area contributed by atoms with Crippen LogP contribution in [0.15, 0.2) is 267 Å². The summed E-state index contributed by atoms with van der Waals surface area (Å²) in [6.07, 6.45) is 0. The number of benzene rings is 11. The molecule has 0 aliphatic carbocycles. The molecule has 13 rings (SSSR count). The molecule has 2 heterocycles. The standard InChI is InChI=1S/C64H44FN3Si/c65-46-32-34-48(35-33-46)68-63-40-37-50(43-58(63)59-44-54(38-41-64(59)68)69(51-22-7-2-8-23-51,52-24-9-3-10-25-52)53-26-11-4-12-27-53)66(60-31-17-19-45-18-13-14-28-55(45)60)49-36-39-62-57(42-49)56-29-15-16-30-61(56)67(62)47-20-5-1-6-21-47/h1-44H. The largest absolute Gasteiger partial charge is 0.310 e. The van der Waals surface area contributed by atoms with Crippen LogP contribution in [0.25, 0.3) is 65.8 Å². The molecule has 5 heteroatoms. The van der Waals surface area contributed by atoms with E-state index in [4.69, 9.17) is 0 Å². The van der Waals surface area contributed by atoms with E-state index in [-0.39, 0.29) is 5.82 Å². The summed E-state index contributed by atoms with van der Waals surface area (Å²) < 4.78 is 19.3. The van der Waals surface area contributed by atoms with Crippen molar-refractivity contribution in [1.29, 1.82) is 0 Å². The molecule has 0 unspecified atom stereocenters. The molecule has 13 aromatic rings. The fraction of sp³-hybridized carbons (Fsp3) is 0. The number of hydrogen-bond donors (Lipinski definition) is 0. The molecule has 0 bridgehead atoms. The second-order valence-corrected chi connectivity index (χ2v) is 21.6. The molecule has 0 fully saturated rings. The predicted octanol–water partition coefficient (Wildman–Crippen LogP) is 14.0. The maximum absolute atomic E-state index is 14.7. The van der Waals surface area contributed by atoms with Crippen molar-refractivity contribution in [2.24, 2.45) is 0 Å². The lowest BCUT2D eigenvalue weighted by molar-refractivity contribution is 0.627.